The number of halogens is 3. The van der Waals surface area contributed by atoms with Crippen LogP contribution in [0.3, 0.4) is 0 Å². The minimum absolute atomic E-state index is 0.176. The number of hydrogen-bond donors (Lipinski definition) is 1. The van der Waals surface area contributed by atoms with E-state index in [2.05, 4.69) is 0 Å². The highest BCUT2D eigenvalue weighted by atomic mass is 19.4. The van der Waals surface area contributed by atoms with Crippen molar-refractivity contribution >= 4 is 0 Å². The highest BCUT2D eigenvalue weighted by molar-refractivity contribution is 4.87. The zero-order valence-electron chi connectivity index (χ0n) is 9.14. The second kappa shape index (κ2) is 4.29. The van der Waals surface area contributed by atoms with Gasteiger partial charge >= 0.3 is 6.18 Å². The lowest BCUT2D eigenvalue weighted by Gasteiger charge is -2.38. The summed E-state index contributed by atoms with van der Waals surface area (Å²) in [5.74, 6) is -1.43. The first-order valence-corrected chi connectivity index (χ1v) is 5.21. The average Bonchev–Trinajstić information content (AvgIpc) is 2.09. The van der Waals surface area contributed by atoms with Gasteiger partial charge in [0.05, 0.1) is 11.5 Å². The molecule has 0 aromatic heterocycles. The highest BCUT2D eigenvalue weighted by Crippen LogP contribution is 2.36. The predicted molar refractivity (Wildman–Crippen MR) is 51.5 cm³/mol. The molecule has 0 aliphatic carbocycles. The first-order valence-electron chi connectivity index (χ1n) is 5.21. The molecule has 1 aliphatic heterocycles. The molecule has 5 heteroatoms. The van der Waals surface area contributed by atoms with Crippen molar-refractivity contribution < 1.29 is 18.3 Å². The topological polar surface area (TPSA) is 23.5 Å². The van der Waals surface area contributed by atoms with Gasteiger partial charge in [-0.05, 0) is 26.3 Å². The quantitative estimate of drug-likeness (QED) is 0.777. The van der Waals surface area contributed by atoms with Gasteiger partial charge in [-0.15, -0.1) is 0 Å². The van der Waals surface area contributed by atoms with Crippen LogP contribution in [0, 0.1) is 5.92 Å². The lowest BCUT2D eigenvalue weighted by atomic mass is 9.83. The van der Waals surface area contributed by atoms with E-state index in [0.717, 1.165) is 6.92 Å². The molecule has 1 aliphatic rings. The van der Waals surface area contributed by atoms with Crippen molar-refractivity contribution in [2.24, 2.45) is 5.92 Å². The maximum absolute atomic E-state index is 12.3. The lowest BCUT2D eigenvalue weighted by Crippen LogP contribution is -2.45. The number of rotatable bonds is 2. The number of aliphatic hydroxyl groups is 1. The van der Waals surface area contributed by atoms with Gasteiger partial charge < -0.3 is 10.0 Å². The second-order valence-corrected chi connectivity index (χ2v) is 4.67. The van der Waals surface area contributed by atoms with E-state index >= 15 is 0 Å². The summed E-state index contributed by atoms with van der Waals surface area (Å²) in [6.45, 7) is 2.47. The van der Waals surface area contributed by atoms with Crippen LogP contribution in [0.5, 0.6) is 0 Å². The van der Waals surface area contributed by atoms with Crippen molar-refractivity contribution in [2.75, 3.05) is 20.1 Å². The van der Waals surface area contributed by atoms with Gasteiger partial charge in [0.25, 0.3) is 0 Å². The Hall–Kier alpha value is -0.290. The Balaban J connectivity index is 2.50. The third-order valence-electron chi connectivity index (χ3n) is 3.16. The molecule has 1 heterocycles. The highest BCUT2D eigenvalue weighted by Gasteiger charge is 2.42. The molecule has 0 amide bonds. The van der Waals surface area contributed by atoms with E-state index in [1.807, 2.05) is 11.9 Å². The first-order chi connectivity index (χ1) is 6.73. The molecule has 0 bridgehead atoms. The molecule has 0 spiro atoms. The maximum atomic E-state index is 12.3. The van der Waals surface area contributed by atoms with Gasteiger partial charge in [-0.1, -0.05) is 6.92 Å². The van der Waals surface area contributed by atoms with Crippen LogP contribution in [-0.2, 0) is 0 Å². The Morgan fingerprint density at radius 1 is 1.33 bits per heavy atom. The molecule has 0 aromatic carbocycles. The summed E-state index contributed by atoms with van der Waals surface area (Å²) in [5, 5.41) is 10.00. The van der Waals surface area contributed by atoms with Gasteiger partial charge in [0.2, 0.25) is 0 Å². The molecule has 2 nitrogen and oxygen atoms in total. The number of alkyl halides is 3. The SMILES string of the molecule is CC(CC1(O)CCN(C)CC1)C(F)(F)F. The van der Waals surface area contributed by atoms with E-state index in [-0.39, 0.29) is 6.42 Å². The summed E-state index contributed by atoms with van der Waals surface area (Å²) in [6.07, 6.45) is -3.50. The molecular weight excluding hydrogens is 207 g/mol. The van der Waals surface area contributed by atoms with Crippen molar-refractivity contribution in [1.29, 1.82) is 0 Å². The molecule has 90 valence electrons. The molecule has 1 N–H and O–H groups in total. The fourth-order valence-electron chi connectivity index (χ4n) is 1.92. The van der Waals surface area contributed by atoms with Crippen LogP contribution in [0.25, 0.3) is 0 Å². The molecule has 0 saturated carbocycles. The van der Waals surface area contributed by atoms with Crippen molar-refractivity contribution in [1.82, 2.24) is 4.90 Å². The van der Waals surface area contributed by atoms with Gasteiger partial charge in [0, 0.05) is 13.1 Å². The minimum atomic E-state index is -4.20. The number of likely N-dealkylation sites (tertiary alicyclic amines) is 1. The zero-order chi connectivity index (χ0) is 11.7. The molecule has 15 heavy (non-hydrogen) atoms. The Morgan fingerprint density at radius 3 is 2.20 bits per heavy atom. The van der Waals surface area contributed by atoms with Crippen molar-refractivity contribution in [3.05, 3.63) is 0 Å². The van der Waals surface area contributed by atoms with Crippen molar-refractivity contribution in [3.8, 4) is 0 Å². The third-order valence-corrected chi connectivity index (χ3v) is 3.16. The second-order valence-electron chi connectivity index (χ2n) is 4.67. The predicted octanol–water partition coefficient (Wildman–Crippen LogP) is 2.03. The smallest absolute Gasteiger partial charge is 0.390 e. The Morgan fingerprint density at radius 2 is 1.80 bits per heavy atom. The molecule has 1 saturated heterocycles. The van der Waals surface area contributed by atoms with Crippen LogP contribution >= 0.6 is 0 Å². The van der Waals surface area contributed by atoms with Crippen molar-refractivity contribution in [2.45, 2.75) is 38.0 Å². The summed E-state index contributed by atoms with van der Waals surface area (Å²) in [4.78, 5) is 2.02. The van der Waals surface area contributed by atoms with Crippen LogP contribution < -0.4 is 0 Å². The van der Waals surface area contributed by atoms with Gasteiger partial charge in [-0.3, -0.25) is 0 Å². The summed E-state index contributed by atoms with van der Waals surface area (Å²) >= 11 is 0. The number of piperidine rings is 1. The van der Waals surface area contributed by atoms with Crippen LogP contribution in [0.15, 0.2) is 0 Å². The summed E-state index contributed by atoms with van der Waals surface area (Å²) in [5.41, 5.74) is -1.12. The fourth-order valence-corrected chi connectivity index (χ4v) is 1.92. The average molecular weight is 225 g/mol. The van der Waals surface area contributed by atoms with E-state index < -0.39 is 17.7 Å². The minimum Gasteiger partial charge on any atom is -0.390 e. The fraction of sp³-hybridized carbons (Fsp3) is 1.00. The molecular formula is C10H18F3NO. The van der Waals surface area contributed by atoms with E-state index in [9.17, 15) is 18.3 Å². The summed E-state index contributed by atoms with van der Waals surface area (Å²) < 4.78 is 37.0. The van der Waals surface area contributed by atoms with Gasteiger partial charge in [-0.25, -0.2) is 0 Å². The summed E-state index contributed by atoms with van der Waals surface area (Å²) in [7, 11) is 1.91. The Labute approximate surface area is 88.1 Å². The van der Waals surface area contributed by atoms with E-state index in [4.69, 9.17) is 0 Å². The molecule has 1 rings (SSSR count). The first kappa shape index (κ1) is 12.8. The molecule has 1 unspecified atom stereocenters. The van der Waals surface area contributed by atoms with Crippen LogP contribution in [0.4, 0.5) is 13.2 Å². The lowest BCUT2D eigenvalue weighted by molar-refractivity contribution is -0.187. The Bertz CT molecular complexity index is 209. The zero-order valence-corrected chi connectivity index (χ0v) is 9.14. The van der Waals surface area contributed by atoms with E-state index in [1.165, 1.54) is 0 Å². The normalized spacial score (nSPS) is 25.2. The maximum Gasteiger partial charge on any atom is 0.391 e. The molecule has 0 radical (unpaired) electrons. The standard InChI is InChI=1S/C10H18F3NO/c1-8(10(11,12)13)7-9(15)3-5-14(2)6-4-9/h8,15H,3-7H2,1-2H3. The van der Waals surface area contributed by atoms with Gasteiger partial charge in [0.1, 0.15) is 0 Å². The van der Waals surface area contributed by atoms with Gasteiger partial charge in [0.15, 0.2) is 0 Å². The van der Waals surface area contributed by atoms with Crippen LogP contribution in [0.1, 0.15) is 26.2 Å². The van der Waals surface area contributed by atoms with E-state index in [0.29, 0.717) is 25.9 Å². The largest absolute Gasteiger partial charge is 0.391 e. The summed E-state index contributed by atoms with van der Waals surface area (Å²) in [6, 6.07) is 0. The Kier molecular flexibility index (Phi) is 3.66. The molecule has 1 atom stereocenters. The molecule has 0 aromatic rings. The monoisotopic (exact) mass is 225 g/mol. The third kappa shape index (κ3) is 3.65. The van der Waals surface area contributed by atoms with Crippen LogP contribution in [0.2, 0.25) is 0 Å². The molecule has 1 fully saturated rings. The van der Waals surface area contributed by atoms with E-state index in [1.54, 1.807) is 0 Å². The number of nitrogens with zero attached hydrogens (tertiary/aromatic N) is 1. The van der Waals surface area contributed by atoms with Crippen molar-refractivity contribution in [3.63, 3.8) is 0 Å². The number of hydrogen-bond acceptors (Lipinski definition) is 2. The van der Waals surface area contributed by atoms with Crippen LogP contribution in [-0.4, -0.2) is 41.9 Å². The van der Waals surface area contributed by atoms with Gasteiger partial charge in [-0.2, -0.15) is 13.2 Å².